The van der Waals surface area contributed by atoms with Crippen molar-refractivity contribution < 1.29 is 9.59 Å². The van der Waals surface area contributed by atoms with E-state index in [4.69, 9.17) is 0 Å². The molecule has 0 spiro atoms. The van der Waals surface area contributed by atoms with E-state index in [1.54, 1.807) is 0 Å². The fraction of sp³-hybridized carbons (Fsp3) is 0.263. The van der Waals surface area contributed by atoms with Gasteiger partial charge in [-0.25, -0.2) is 0 Å². The zero-order valence-corrected chi connectivity index (χ0v) is 15.6. The molecule has 2 rings (SSSR count). The Morgan fingerprint density at radius 2 is 1.75 bits per heavy atom. The number of halogens is 1. The van der Waals surface area contributed by atoms with Crippen molar-refractivity contribution in [1.29, 1.82) is 0 Å². The lowest BCUT2D eigenvalue weighted by Gasteiger charge is -2.18. The SMILES string of the molecule is CC(=O)NC(CC(=O)Nc1ccc(Br)c(C)c1)c1ccc(C)cc1. The van der Waals surface area contributed by atoms with Crippen LogP contribution in [-0.4, -0.2) is 11.8 Å². The van der Waals surface area contributed by atoms with Crippen molar-refractivity contribution in [2.24, 2.45) is 0 Å². The molecule has 1 unspecified atom stereocenters. The molecule has 0 fully saturated rings. The number of nitrogens with one attached hydrogen (secondary N) is 2. The molecule has 0 saturated carbocycles. The standard InChI is InChI=1S/C19H21BrN2O2/c1-12-4-6-15(7-5-12)18(21-14(3)23)11-19(24)22-16-8-9-17(20)13(2)10-16/h4-10,18H,11H2,1-3H3,(H,21,23)(H,22,24). The molecular formula is C19H21BrN2O2. The monoisotopic (exact) mass is 388 g/mol. The molecule has 4 nitrogen and oxygen atoms in total. The summed E-state index contributed by atoms with van der Waals surface area (Å²) in [6.45, 7) is 5.42. The van der Waals surface area contributed by atoms with E-state index >= 15 is 0 Å². The molecule has 0 aromatic heterocycles. The van der Waals surface area contributed by atoms with Gasteiger partial charge in [-0.15, -0.1) is 0 Å². The lowest BCUT2D eigenvalue weighted by Crippen LogP contribution is -2.29. The number of benzene rings is 2. The number of carbonyl (C=O) groups is 2. The Kier molecular flexibility index (Phi) is 6.15. The van der Waals surface area contributed by atoms with E-state index in [-0.39, 0.29) is 24.3 Å². The summed E-state index contributed by atoms with van der Waals surface area (Å²) in [5, 5.41) is 5.73. The Labute approximate surface area is 150 Å². The van der Waals surface area contributed by atoms with E-state index in [0.29, 0.717) is 0 Å². The summed E-state index contributed by atoms with van der Waals surface area (Å²) in [4.78, 5) is 23.8. The average Bonchev–Trinajstić information content (AvgIpc) is 2.50. The van der Waals surface area contributed by atoms with Crippen LogP contribution in [0.1, 0.15) is 36.1 Å². The van der Waals surface area contributed by atoms with Crippen LogP contribution in [0.25, 0.3) is 0 Å². The first-order valence-corrected chi connectivity index (χ1v) is 8.54. The normalized spacial score (nSPS) is 11.7. The van der Waals surface area contributed by atoms with Gasteiger partial charge >= 0.3 is 0 Å². The Hall–Kier alpha value is -2.14. The molecule has 126 valence electrons. The molecule has 0 aliphatic heterocycles. The smallest absolute Gasteiger partial charge is 0.226 e. The minimum Gasteiger partial charge on any atom is -0.349 e. The number of rotatable bonds is 5. The third-order valence-electron chi connectivity index (χ3n) is 3.69. The quantitative estimate of drug-likeness (QED) is 0.803. The third-order valence-corrected chi connectivity index (χ3v) is 4.58. The maximum absolute atomic E-state index is 12.4. The highest BCUT2D eigenvalue weighted by molar-refractivity contribution is 9.10. The molecule has 0 aliphatic rings. The second-order valence-electron chi connectivity index (χ2n) is 5.88. The summed E-state index contributed by atoms with van der Waals surface area (Å²) < 4.78 is 0.997. The summed E-state index contributed by atoms with van der Waals surface area (Å²) in [5.41, 5.74) is 3.84. The van der Waals surface area contributed by atoms with Gasteiger partial charge in [0.25, 0.3) is 0 Å². The Morgan fingerprint density at radius 3 is 2.33 bits per heavy atom. The number of aryl methyl sites for hydroxylation is 2. The fourth-order valence-corrected chi connectivity index (χ4v) is 2.66. The molecule has 0 saturated heterocycles. The van der Waals surface area contributed by atoms with E-state index in [9.17, 15) is 9.59 Å². The molecular weight excluding hydrogens is 368 g/mol. The summed E-state index contributed by atoms with van der Waals surface area (Å²) in [6.07, 6.45) is 0.178. The molecule has 1 atom stereocenters. The van der Waals surface area contributed by atoms with Gasteiger partial charge in [0.2, 0.25) is 11.8 Å². The molecule has 0 radical (unpaired) electrons. The van der Waals surface area contributed by atoms with Crippen LogP contribution in [-0.2, 0) is 9.59 Å². The van der Waals surface area contributed by atoms with Gasteiger partial charge < -0.3 is 10.6 Å². The van der Waals surface area contributed by atoms with Crippen molar-refractivity contribution >= 4 is 33.4 Å². The van der Waals surface area contributed by atoms with E-state index in [1.165, 1.54) is 6.92 Å². The minimum atomic E-state index is -0.348. The van der Waals surface area contributed by atoms with Gasteiger partial charge in [0.05, 0.1) is 12.5 Å². The van der Waals surface area contributed by atoms with Crippen LogP contribution in [0.2, 0.25) is 0 Å². The van der Waals surface area contributed by atoms with Crippen LogP contribution in [0.5, 0.6) is 0 Å². The van der Waals surface area contributed by atoms with E-state index in [2.05, 4.69) is 26.6 Å². The molecule has 2 aromatic rings. The summed E-state index contributed by atoms with van der Waals surface area (Å²) in [6, 6.07) is 13.1. The van der Waals surface area contributed by atoms with Gasteiger partial charge in [0.1, 0.15) is 0 Å². The molecule has 0 bridgehead atoms. The Morgan fingerprint density at radius 1 is 1.08 bits per heavy atom. The zero-order chi connectivity index (χ0) is 17.7. The Bertz CT molecular complexity index is 742. The number of anilines is 1. The largest absolute Gasteiger partial charge is 0.349 e. The molecule has 5 heteroatoms. The highest BCUT2D eigenvalue weighted by Crippen LogP contribution is 2.22. The van der Waals surface area contributed by atoms with Gasteiger partial charge in [-0.05, 0) is 43.2 Å². The first kappa shape index (κ1) is 18.2. The maximum atomic E-state index is 12.4. The topological polar surface area (TPSA) is 58.2 Å². The minimum absolute atomic E-state index is 0.143. The lowest BCUT2D eigenvalue weighted by molar-refractivity contribution is -0.120. The summed E-state index contributed by atoms with van der Waals surface area (Å²) in [7, 11) is 0. The average molecular weight is 389 g/mol. The fourth-order valence-electron chi connectivity index (χ4n) is 2.42. The van der Waals surface area contributed by atoms with Crippen molar-refractivity contribution in [1.82, 2.24) is 5.32 Å². The van der Waals surface area contributed by atoms with Crippen LogP contribution in [0.15, 0.2) is 46.9 Å². The Balaban J connectivity index is 2.10. The highest BCUT2D eigenvalue weighted by atomic mass is 79.9. The maximum Gasteiger partial charge on any atom is 0.226 e. The van der Waals surface area contributed by atoms with Gasteiger partial charge in [-0.1, -0.05) is 45.8 Å². The van der Waals surface area contributed by atoms with Crippen molar-refractivity contribution in [3.8, 4) is 0 Å². The number of hydrogen-bond donors (Lipinski definition) is 2. The second-order valence-corrected chi connectivity index (χ2v) is 6.73. The molecule has 2 aromatic carbocycles. The van der Waals surface area contributed by atoms with E-state index in [1.807, 2.05) is 56.3 Å². The second kappa shape index (κ2) is 8.11. The van der Waals surface area contributed by atoms with Gasteiger partial charge in [-0.2, -0.15) is 0 Å². The predicted octanol–water partition coefficient (Wildman–Crippen LogP) is 4.27. The van der Waals surface area contributed by atoms with Crippen molar-refractivity contribution in [3.05, 3.63) is 63.6 Å². The van der Waals surface area contributed by atoms with E-state index in [0.717, 1.165) is 26.9 Å². The number of amides is 2. The number of hydrogen-bond acceptors (Lipinski definition) is 2. The van der Waals surface area contributed by atoms with Gasteiger partial charge in [0, 0.05) is 17.1 Å². The predicted molar refractivity (Wildman–Crippen MR) is 99.9 cm³/mol. The van der Waals surface area contributed by atoms with Crippen LogP contribution >= 0.6 is 15.9 Å². The summed E-state index contributed by atoms with van der Waals surface area (Å²) >= 11 is 3.44. The first-order valence-electron chi connectivity index (χ1n) is 7.75. The third kappa shape index (κ3) is 5.20. The molecule has 0 heterocycles. The highest BCUT2D eigenvalue weighted by Gasteiger charge is 2.17. The van der Waals surface area contributed by atoms with Gasteiger partial charge in [-0.3, -0.25) is 9.59 Å². The lowest BCUT2D eigenvalue weighted by atomic mass is 10.0. The number of carbonyl (C=O) groups excluding carboxylic acids is 2. The molecule has 2 N–H and O–H groups in total. The molecule has 2 amide bonds. The van der Waals surface area contributed by atoms with Crippen LogP contribution in [0.4, 0.5) is 5.69 Å². The molecule has 24 heavy (non-hydrogen) atoms. The first-order chi connectivity index (χ1) is 11.3. The van der Waals surface area contributed by atoms with Crippen LogP contribution in [0.3, 0.4) is 0 Å². The van der Waals surface area contributed by atoms with E-state index < -0.39 is 0 Å². The summed E-state index contributed by atoms with van der Waals surface area (Å²) in [5.74, 6) is -0.302. The molecule has 0 aliphatic carbocycles. The van der Waals surface area contributed by atoms with Crippen molar-refractivity contribution in [3.63, 3.8) is 0 Å². The van der Waals surface area contributed by atoms with Crippen LogP contribution < -0.4 is 10.6 Å². The van der Waals surface area contributed by atoms with Crippen LogP contribution in [0, 0.1) is 13.8 Å². The van der Waals surface area contributed by atoms with Crippen molar-refractivity contribution in [2.75, 3.05) is 5.32 Å². The van der Waals surface area contributed by atoms with Gasteiger partial charge in [0.15, 0.2) is 0 Å². The zero-order valence-electron chi connectivity index (χ0n) is 14.0. The van der Waals surface area contributed by atoms with Crippen molar-refractivity contribution in [2.45, 2.75) is 33.2 Å².